The Bertz CT molecular complexity index is 1210. The molecular weight excluding hydrogens is 450 g/mol. The number of nitrogens with zero attached hydrogens (tertiary/aromatic N) is 2. The molecule has 0 unspecified atom stereocenters. The molecule has 2 aliphatic carbocycles. The quantitative estimate of drug-likeness (QED) is 0.643. The van der Waals surface area contributed by atoms with Crippen LogP contribution in [0.25, 0.3) is 11.1 Å². The molecule has 0 aromatic heterocycles. The van der Waals surface area contributed by atoms with E-state index in [0.717, 1.165) is 44.9 Å². The van der Waals surface area contributed by atoms with Crippen LogP contribution in [-0.4, -0.2) is 70.2 Å². The second kappa shape index (κ2) is 7.83. The Morgan fingerprint density at radius 3 is 2.26 bits per heavy atom. The summed E-state index contributed by atoms with van der Waals surface area (Å²) >= 11 is 0. The molecule has 2 N–H and O–H groups in total. The summed E-state index contributed by atoms with van der Waals surface area (Å²) in [5.41, 5.74) is 2.83. The third-order valence-electron chi connectivity index (χ3n) is 7.60. The van der Waals surface area contributed by atoms with Gasteiger partial charge in [-0.05, 0) is 41.0 Å². The molecule has 2 heterocycles. The standard InChI is InChI=1S/C26H25N3O6/c30-22(31)21-11-26(23(32)28(24(33)27-26)12-15-9-10-15)14-29(21)25(34)35-13-20-18-7-3-1-5-16(18)17-6-2-4-8-19(17)20/h1-8,15,20-21H,9-14H2,(H,27,33)(H,30,31)/t21-,26-/m0/s1. The molecule has 0 bridgehead atoms. The molecule has 35 heavy (non-hydrogen) atoms. The van der Waals surface area contributed by atoms with Crippen LogP contribution in [0.3, 0.4) is 0 Å². The highest BCUT2D eigenvalue weighted by molar-refractivity contribution is 6.08. The molecule has 1 spiro atoms. The summed E-state index contributed by atoms with van der Waals surface area (Å²) in [7, 11) is 0. The third kappa shape index (κ3) is 3.45. The normalized spacial score (nSPS) is 25.1. The van der Waals surface area contributed by atoms with Crippen molar-refractivity contribution in [2.75, 3.05) is 19.7 Å². The van der Waals surface area contributed by atoms with Gasteiger partial charge in [0.1, 0.15) is 18.2 Å². The van der Waals surface area contributed by atoms with Crippen LogP contribution in [0, 0.1) is 5.92 Å². The number of nitrogens with one attached hydrogen (secondary N) is 1. The maximum Gasteiger partial charge on any atom is 0.410 e. The third-order valence-corrected chi connectivity index (χ3v) is 7.60. The highest BCUT2D eigenvalue weighted by Crippen LogP contribution is 2.45. The molecule has 2 aliphatic heterocycles. The van der Waals surface area contributed by atoms with E-state index in [1.54, 1.807) is 0 Å². The summed E-state index contributed by atoms with van der Waals surface area (Å²) in [6, 6.07) is 14.1. The van der Waals surface area contributed by atoms with Gasteiger partial charge in [-0.1, -0.05) is 48.5 Å². The molecule has 6 rings (SSSR count). The Labute approximate surface area is 201 Å². The van der Waals surface area contributed by atoms with Crippen molar-refractivity contribution in [3.8, 4) is 11.1 Å². The summed E-state index contributed by atoms with van der Waals surface area (Å²) in [5.74, 6) is -1.57. The smallest absolute Gasteiger partial charge is 0.410 e. The van der Waals surface area contributed by atoms with E-state index in [0.29, 0.717) is 12.5 Å². The molecule has 2 atom stereocenters. The molecule has 4 aliphatic rings. The highest BCUT2D eigenvalue weighted by Gasteiger charge is 2.60. The van der Waals surface area contributed by atoms with Gasteiger partial charge in [-0.2, -0.15) is 0 Å². The number of carboxylic acid groups (broad SMARTS) is 1. The van der Waals surface area contributed by atoms with Gasteiger partial charge in [0, 0.05) is 18.9 Å². The van der Waals surface area contributed by atoms with Crippen LogP contribution >= 0.6 is 0 Å². The summed E-state index contributed by atoms with van der Waals surface area (Å²) in [6.45, 7) is 0.137. The number of rotatable bonds is 5. The number of urea groups is 1. The van der Waals surface area contributed by atoms with E-state index in [4.69, 9.17) is 4.74 Å². The maximum absolute atomic E-state index is 13.2. The number of imide groups is 1. The number of aliphatic carboxylic acids is 1. The number of likely N-dealkylation sites (tertiary alicyclic amines) is 1. The molecule has 2 aromatic carbocycles. The van der Waals surface area contributed by atoms with Gasteiger partial charge < -0.3 is 15.2 Å². The van der Waals surface area contributed by atoms with Crippen LogP contribution in [0.1, 0.15) is 36.3 Å². The van der Waals surface area contributed by atoms with Gasteiger partial charge in [-0.25, -0.2) is 14.4 Å². The minimum absolute atomic E-state index is 0.0385. The van der Waals surface area contributed by atoms with Gasteiger partial charge >= 0.3 is 18.1 Å². The molecule has 9 heteroatoms. The van der Waals surface area contributed by atoms with E-state index in [-0.39, 0.29) is 25.5 Å². The fourth-order valence-corrected chi connectivity index (χ4v) is 5.64. The predicted molar refractivity (Wildman–Crippen MR) is 124 cm³/mol. The first kappa shape index (κ1) is 21.6. The number of amides is 4. The fraction of sp³-hybridized carbons (Fsp3) is 0.385. The average Bonchev–Trinajstić information content (AvgIpc) is 3.44. The second-order valence-electron chi connectivity index (χ2n) is 9.86. The van der Waals surface area contributed by atoms with Crippen LogP contribution in [0.15, 0.2) is 48.5 Å². The van der Waals surface area contributed by atoms with Gasteiger partial charge in [0.25, 0.3) is 5.91 Å². The molecule has 0 radical (unpaired) electrons. The van der Waals surface area contributed by atoms with Crippen molar-refractivity contribution in [3.05, 3.63) is 59.7 Å². The zero-order valence-corrected chi connectivity index (χ0v) is 19.0. The number of hydrogen-bond donors (Lipinski definition) is 2. The van der Waals surface area contributed by atoms with Gasteiger partial charge in [-0.15, -0.1) is 0 Å². The first-order valence-electron chi connectivity index (χ1n) is 11.9. The molecule has 4 amide bonds. The van der Waals surface area contributed by atoms with Crippen LogP contribution in [0.2, 0.25) is 0 Å². The van der Waals surface area contributed by atoms with Crippen LogP contribution < -0.4 is 5.32 Å². The van der Waals surface area contributed by atoms with Crippen LogP contribution in [0.5, 0.6) is 0 Å². The van der Waals surface area contributed by atoms with Crippen molar-refractivity contribution in [2.24, 2.45) is 5.92 Å². The molecule has 2 aromatic rings. The van der Waals surface area contributed by atoms with Crippen LogP contribution in [-0.2, 0) is 14.3 Å². The Kier molecular flexibility index (Phi) is 4.84. The largest absolute Gasteiger partial charge is 0.480 e. The SMILES string of the molecule is O=C(O)[C@@H]1C[C@@]2(CN1C(=O)OCC1c3ccccc3-c3ccccc31)NC(=O)N(CC1CC1)C2=O. The molecular formula is C26H25N3O6. The minimum atomic E-state index is -1.43. The van der Waals surface area contributed by atoms with Gasteiger partial charge in [0.2, 0.25) is 0 Å². The van der Waals surface area contributed by atoms with Crippen molar-refractivity contribution in [2.45, 2.75) is 36.8 Å². The lowest BCUT2D eigenvalue weighted by Crippen LogP contribution is -2.50. The lowest BCUT2D eigenvalue weighted by Gasteiger charge is -2.23. The minimum Gasteiger partial charge on any atom is -0.480 e. The van der Waals surface area contributed by atoms with Gasteiger partial charge in [0.15, 0.2) is 0 Å². The summed E-state index contributed by atoms with van der Waals surface area (Å²) in [6.07, 6.45) is 0.943. The Morgan fingerprint density at radius 1 is 1.03 bits per heavy atom. The van der Waals surface area contributed by atoms with Crippen molar-refractivity contribution >= 4 is 24.0 Å². The Hall–Kier alpha value is -3.88. The monoisotopic (exact) mass is 475 g/mol. The number of carboxylic acids is 1. The topological polar surface area (TPSA) is 116 Å². The zero-order chi connectivity index (χ0) is 24.3. The fourth-order valence-electron chi connectivity index (χ4n) is 5.64. The average molecular weight is 476 g/mol. The highest BCUT2D eigenvalue weighted by atomic mass is 16.6. The van der Waals surface area contributed by atoms with Crippen LogP contribution in [0.4, 0.5) is 9.59 Å². The maximum atomic E-state index is 13.2. The summed E-state index contributed by atoms with van der Waals surface area (Å²) in [5, 5.41) is 12.5. The molecule has 9 nitrogen and oxygen atoms in total. The van der Waals surface area contributed by atoms with Gasteiger partial charge in [0.05, 0.1) is 6.54 Å². The second-order valence-corrected chi connectivity index (χ2v) is 9.86. The van der Waals surface area contributed by atoms with E-state index in [9.17, 15) is 24.3 Å². The first-order valence-corrected chi connectivity index (χ1v) is 11.9. The molecule has 180 valence electrons. The Balaban J connectivity index is 1.21. The first-order chi connectivity index (χ1) is 16.9. The zero-order valence-electron chi connectivity index (χ0n) is 19.0. The summed E-state index contributed by atoms with van der Waals surface area (Å²) < 4.78 is 5.66. The van der Waals surface area contributed by atoms with Crippen molar-refractivity contribution in [1.29, 1.82) is 0 Å². The van der Waals surface area contributed by atoms with E-state index in [1.165, 1.54) is 0 Å². The predicted octanol–water partition coefficient (Wildman–Crippen LogP) is 2.80. The lowest BCUT2D eigenvalue weighted by molar-refractivity contribution is -0.141. The van der Waals surface area contributed by atoms with E-state index < -0.39 is 35.6 Å². The number of carbonyl (C=O) groups is 4. The van der Waals surface area contributed by atoms with E-state index in [1.807, 2.05) is 48.5 Å². The van der Waals surface area contributed by atoms with Crippen molar-refractivity contribution in [3.63, 3.8) is 0 Å². The summed E-state index contributed by atoms with van der Waals surface area (Å²) in [4.78, 5) is 53.0. The van der Waals surface area contributed by atoms with E-state index >= 15 is 0 Å². The Morgan fingerprint density at radius 2 is 1.66 bits per heavy atom. The van der Waals surface area contributed by atoms with Crippen molar-refractivity contribution in [1.82, 2.24) is 15.1 Å². The van der Waals surface area contributed by atoms with Crippen molar-refractivity contribution < 1.29 is 29.0 Å². The number of carbonyl (C=O) groups excluding carboxylic acids is 3. The molecule has 1 saturated carbocycles. The number of fused-ring (bicyclic) bond motifs is 3. The number of hydrogen-bond acceptors (Lipinski definition) is 5. The number of benzene rings is 2. The molecule has 3 fully saturated rings. The van der Waals surface area contributed by atoms with Gasteiger partial charge in [-0.3, -0.25) is 14.6 Å². The van der Waals surface area contributed by atoms with E-state index in [2.05, 4.69) is 5.32 Å². The molecule has 2 saturated heterocycles. The number of ether oxygens (including phenoxy) is 1. The lowest BCUT2D eigenvalue weighted by atomic mass is 9.96.